The van der Waals surface area contributed by atoms with Crippen molar-refractivity contribution in [3.63, 3.8) is 0 Å². The molecule has 3 heteroatoms. The van der Waals surface area contributed by atoms with Gasteiger partial charge in [-0.1, -0.05) is 26.7 Å². The van der Waals surface area contributed by atoms with E-state index in [1.54, 1.807) is 0 Å². The van der Waals surface area contributed by atoms with Gasteiger partial charge in [-0.05, 0) is 26.8 Å². The molecule has 0 radical (unpaired) electrons. The maximum Gasteiger partial charge on any atom is 0.0247 e. The zero-order chi connectivity index (χ0) is 13.0. The Morgan fingerprint density at radius 1 is 1.12 bits per heavy atom. The topological polar surface area (TPSA) is 32.5 Å². The van der Waals surface area contributed by atoms with Gasteiger partial charge < -0.3 is 5.73 Å². The van der Waals surface area contributed by atoms with Crippen molar-refractivity contribution >= 4 is 0 Å². The lowest BCUT2D eigenvalue weighted by Crippen LogP contribution is -2.60. The van der Waals surface area contributed by atoms with Crippen LogP contribution in [-0.4, -0.2) is 54.6 Å². The van der Waals surface area contributed by atoms with Gasteiger partial charge in [-0.25, -0.2) is 0 Å². The molecular formula is C14H31N3. The van der Waals surface area contributed by atoms with Crippen LogP contribution in [0.25, 0.3) is 0 Å². The highest BCUT2D eigenvalue weighted by Crippen LogP contribution is 2.23. The molecular weight excluding hydrogens is 210 g/mol. The minimum atomic E-state index is 0.573. The standard InChI is InChI=1S/C14H31N3/c1-6-13(7-2)14(8-15)17-9-11(3)16(5)12(4)10-17/h11-14H,6-10,15H2,1-5H3. The van der Waals surface area contributed by atoms with Crippen LogP contribution in [0.1, 0.15) is 40.5 Å². The molecule has 0 aromatic rings. The number of rotatable bonds is 5. The fourth-order valence-corrected chi connectivity index (χ4v) is 3.19. The molecule has 3 nitrogen and oxygen atoms in total. The van der Waals surface area contributed by atoms with Crippen LogP contribution in [-0.2, 0) is 0 Å². The van der Waals surface area contributed by atoms with Crippen LogP contribution in [0.4, 0.5) is 0 Å². The van der Waals surface area contributed by atoms with Crippen molar-refractivity contribution in [3.05, 3.63) is 0 Å². The molecule has 1 saturated heterocycles. The van der Waals surface area contributed by atoms with Crippen molar-refractivity contribution in [2.24, 2.45) is 11.7 Å². The maximum absolute atomic E-state index is 6.03. The number of hydrogen-bond donors (Lipinski definition) is 1. The molecule has 102 valence electrons. The zero-order valence-electron chi connectivity index (χ0n) is 12.3. The Morgan fingerprint density at radius 2 is 1.59 bits per heavy atom. The highest BCUT2D eigenvalue weighted by molar-refractivity contribution is 4.89. The Labute approximate surface area is 107 Å². The summed E-state index contributed by atoms with van der Waals surface area (Å²) in [5, 5.41) is 0. The van der Waals surface area contributed by atoms with E-state index in [9.17, 15) is 0 Å². The first-order chi connectivity index (χ1) is 8.04. The van der Waals surface area contributed by atoms with Gasteiger partial charge in [0.25, 0.3) is 0 Å². The Bertz CT molecular complexity index is 204. The van der Waals surface area contributed by atoms with E-state index in [1.165, 1.54) is 25.9 Å². The molecule has 1 heterocycles. The summed E-state index contributed by atoms with van der Waals surface area (Å²) in [6, 6.07) is 1.85. The first-order valence-electron chi connectivity index (χ1n) is 7.21. The fourth-order valence-electron chi connectivity index (χ4n) is 3.19. The van der Waals surface area contributed by atoms with Gasteiger partial charge in [-0.3, -0.25) is 9.80 Å². The number of nitrogens with zero attached hydrogens (tertiary/aromatic N) is 2. The second kappa shape index (κ2) is 6.72. The molecule has 17 heavy (non-hydrogen) atoms. The van der Waals surface area contributed by atoms with Gasteiger partial charge in [0.15, 0.2) is 0 Å². The Kier molecular flexibility index (Phi) is 5.90. The van der Waals surface area contributed by atoms with Gasteiger partial charge in [-0.2, -0.15) is 0 Å². The second-order valence-corrected chi connectivity index (χ2v) is 5.70. The SMILES string of the molecule is CCC(CC)C(CN)N1CC(C)N(C)C(C)C1. The molecule has 0 saturated carbocycles. The molecule has 0 spiro atoms. The van der Waals surface area contributed by atoms with Crippen LogP contribution in [0.2, 0.25) is 0 Å². The summed E-state index contributed by atoms with van der Waals surface area (Å²) < 4.78 is 0. The lowest BCUT2D eigenvalue weighted by Gasteiger charge is -2.47. The quantitative estimate of drug-likeness (QED) is 0.796. The zero-order valence-corrected chi connectivity index (χ0v) is 12.3. The number of hydrogen-bond acceptors (Lipinski definition) is 3. The summed E-state index contributed by atoms with van der Waals surface area (Å²) in [4.78, 5) is 5.12. The van der Waals surface area contributed by atoms with Gasteiger partial charge in [0.1, 0.15) is 0 Å². The third kappa shape index (κ3) is 3.43. The molecule has 3 atom stereocenters. The smallest absolute Gasteiger partial charge is 0.0247 e. The predicted molar refractivity (Wildman–Crippen MR) is 75.2 cm³/mol. The van der Waals surface area contributed by atoms with Crippen molar-refractivity contribution in [3.8, 4) is 0 Å². The van der Waals surface area contributed by atoms with E-state index in [0.717, 1.165) is 12.5 Å². The van der Waals surface area contributed by atoms with E-state index in [1.807, 2.05) is 0 Å². The lowest BCUT2D eigenvalue weighted by molar-refractivity contribution is 0.0174. The van der Waals surface area contributed by atoms with Crippen molar-refractivity contribution in [2.75, 3.05) is 26.7 Å². The second-order valence-electron chi connectivity index (χ2n) is 5.70. The van der Waals surface area contributed by atoms with Crippen molar-refractivity contribution < 1.29 is 0 Å². The van der Waals surface area contributed by atoms with Crippen LogP contribution in [0, 0.1) is 5.92 Å². The van der Waals surface area contributed by atoms with E-state index in [-0.39, 0.29) is 0 Å². The highest BCUT2D eigenvalue weighted by atomic mass is 15.3. The van der Waals surface area contributed by atoms with E-state index >= 15 is 0 Å². The average Bonchev–Trinajstić information content (AvgIpc) is 2.32. The summed E-state index contributed by atoms with van der Waals surface area (Å²) in [5.74, 6) is 0.753. The van der Waals surface area contributed by atoms with Crippen molar-refractivity contribution in [1.29, 1.82) is 0 Å². The number of nitrogens with two attached hydrogens (primary N) is 1. The molecule has 0 aromatic heterocycles. The van der Waals surface area contributed by atoms with E-state index in [4.69, 9.17) is 5.73 Å². The molecule has 2 N–H and O–H groups in total. The third-order valence-corrected chi connectivity index (χ3v) is 4.69. The minimum absolute atomic E-state index is 0.573. The number of likely N-dealkylation sites (N-methyl/N-ethyl adjacent to an activating group) is 1. The predicted octanol–water partition coefficient (Wildman–Crippen LogP) is 1.77. The normalized spacial score (nSPS) is 29.8. The van der Waals surface area contributed by atoms with E-state index in [2.05, 4.69) is 44.5 Å². The average molecular weight is 241 g/mol. The molecule has 0 aliphatic carbocycles. The lowest BCUT2D eigenvalue weighted by atomic mass is 9.91. The van der Waals surface area contributed by atoms with Crippen molar-refractivity contribution in [1.82, 2.24) is 9.80 Å². The monoisotopic (exact) mass is 241 g/mol. The summed E-state index contributed by atoms with van der Waals surface area (Å²) in [5.41, 5.74) is 6.03. The minimum Gasteiger partial charge on any atom is -0.329 e. The molecule has 0 bridgehead atoms. The summed E-state index contributed by atoms with van der Waals surface area (Å²) in [6.07, 6.45) is 2.49. The van der Waals surface area contributed by atoms with Crippen molar-refractivity contribution in [2.45, 2.75) is 58.7 Å². The molecule has 0 amide bonds. The maximum atomic E-state index is 6.03. The van der Waals surface area contributed by atoms with E-state index in [0.29, 0.717) is 18.1 Å². The molecule has 1 aliphatic rings. The van der Waals surface area contributed by atoms with Crippen LogP contribution in [0.15, 0.2) is 0 Å². The Hall–Kier alpha value is -0.120. The molecule has 0 aromatic carbocycles. The van der Waals surface area contributed by atoms with Gasteiger partial charge in [0.2, 0.25) is 0 Å². The summed E-state index contributed by atoms with van der Waals surface area (Å²) >= 11 is 0. The first kappa shape index (κ1) is 14.9. The fraction of sp³-hybridized carbons (Fsp3) is 1.00. The van der Waals surface area contributed by atoms with Gasteiger partial charge >= 0.3 is 0 Å². The molecule has 1 rings (SSSR count). The van der Waals surface area contributed by atoms with Crippen LogP contribution in [0.3, 0.4) is 0 Å². The Balaban J connectivity index is 2.69. The highest BCUT2D eigenvalue weighted by Gasteiger charge is 2.32. The van der Waals surface area contributed by atoms with Gasteiger partial charge in [-0.15, -0.1) is 0 Å². The summed E-state index contributed by atoms with van der Waals surface area (Å²) in [7, 11) is 2.24. The Morgan fingerprint density at radius 3 is 1.94 bits per heavy atom. The van der Waals surface area contributed by atoms with Gasteiger partial charge in [0.05, 0.1) is 0 Å². The summed E-state index contributed by atoms with van der Waals surface area (Å²) in [6.45, 7) is 12.4. The van der Waals surface area contributed by atoms with Gasteiger partial charge in [0, 0.05) is 37.8 Å². The molecule has 3 unspecified atom stereocenters. The van der Waals surface area contributed by atoms with E-state index < -0.39 is 0 Å². The third-order valence-electron chi connectivity index (χ3n) is 4.69. The largest absolute Gasteiger partial charge is 0.329 e. The van der Waals surface area contributed by atoms with Crippen LogP contribution < -0.4 is 5.73 Å². The van der Waals surface area contributed by atoms with Crippen LogP contribution >= 0.6 is 0 Å². The molecule has 1 fully saturated rings. The number of piperazine rings is 1. The van der Waals surface area contributed by atoms with Crippen LogP contribution in [0.5, 0.6) is 0 Å². The molecule has 1 aliphatic heterocycles. The first-order valence-corrected chi connectivity index (χ1v) is 7.21.